The third-order valence-electron chi connectivity index (χ3n) is 3.02. The minimum atomic E-state index is 0.0272. The van der Waals surface area contributed by atoms with Gasteiger partial charge in [0.15, 0.2) is 0 Å². The molecule has 2 rings (SSSR count). The maximum atomic E-state index is 12.4. The average molecular weight is 233 g/mol. The summed E-state index contributed by atoms with van der Waals surface area (Å²) in [6.07, 6.45) is 4.80. The number of rotatable bonds is 4. The molecule has 1 aliphatic carbocycles. The fraction of sp³-hybridized carbons (Fsp3) is 0.538. The number of carbonyl (C=O) groups excluding carboxylic acids is 1. The van der Waals surface area contributed by atoms with Gasteiger partial charge in [0.25, 0.3) is 5.91 Å². The zero-order valence-electron chi connectivity index (χ0n) is 10.4. The number of nitrogens with two attached hydrogens (primary N) is 1. The fourth-order valence-corrected chi connectivity index (χ4v) is 1.99. The molecule has 4 nitrogen and oxygen atoms in total. The molecule has 0 unspecified atom stereocenters. The second-order valence-electron chi connectivity index (χ2n) is 4.64. The third kappa shape index (κ3) is 2.57. The van der Waals surface area contributed by atoms with E-state index in [0.717, 1.165) is 31.5 Å². The van der Waals surface area contributed by atoms with Crippen molar-refractivity contribution in [2.24, 2.45) is 0 Å². The number of aromatic nitrogens is 1. The van der Waals surface area contributed by atoms with Crippen molar-refractivity contribution in [3.63, 3.8) is 0 Å². The van der Waals surface area contributed by atoms with Gasteiger partial charge in [-0.1, -0.05) is 6.92 Å². The van der Waals surface area contributed by atoms with Crippen molar-refractivity contribution in [3.05, 3.63) is 23.5 Å². The van der Waals surface area contributed by atoms with Crippen molar-refractivity contribution in [1.29, 1.82) is 0 Å². The second-order valence-corrected chi connectivity index (χ2v) is 4.64. The van der Waals surface area contributed by atoms with Crippen LogP contribution < -0.4 is 5.73 Å². The summed E-state index contributed by atoms with van der Waals surface area (Å²) in [6.45, 7) is 4.76. The lowest BCUT2D eigenvalue weighted by Gasteiger charge is -2.22. The highest BCUT2D eigenvalue weighted by Gasteiger charge is 2.33. The van der Waals surface area contributed by atoms with Gasteiger partial charge in [-0.05, 0) is 32.3 Å². The average Bonchev–Trinajstić information content (AvgIpc) is 3.09. The van der Waals surface area contributed by atoms with Crippen molar-refractivity contribution >= 4 is 11.6 Å². The number of aryl methyl sites for hydroxylation is 1. The molecule has 17 heavy (non-hydrogen) atoms. The normalized spacial score (nSPS) is 14.7. The molecule has 0 radical (unpaired) electrons. The Morgan fingerprint density at radius 1 is 1.59 bits per heavy atom. The van der Waals surface area contributed by atoms with Crippen molar-refractivity contribution in [2.75, 3.05) is 12.3 Å². The van der Waals surface area contributed by atoms with Gasteiger partial charge in [0.05, 0.1) is 5.56 Å². The molecule has 1 fully saturated rings. The molecule has 1 aliphatic rings. The van der Waals surface area contributed by atoms with E-state index < -0.39 is 0 Å². The molecule has 0 saturated heterocycles. The molecule has 0 atom stereocenters. The van der Waals surface area contributed by atoms with Crippen molar-refractivity contribution in [2.45, 2.75) is 39.2 Å². The molecule has 2 N–H and O–H groups in total. The molecule has 0 aromatic carbocycles. The first-order valence-electron chi connectivity index (χ1n) is 6.16. The van der Waals surface area contributed by atoms with E-state index in [1.54, 1.807) is 12.3 Å². The van der Waals surface area contributed by atoms with Gasteiger partial charge in [-0.2, -0.15) is 0 Å². The molecule has 0 bridgehead atoms. The SMILES string of the molecule is CCCN(C(=O)c1cnc(C)cc1N)C1CC1. The molecule has 1 aromatic heterocycles. The van der Waals surface area contributed by atoms with Gasteiger partial charge in [-0.3, -0.25) is 9.78 Å². The highest BCUT2D eigenvalue weighted by Crippen LogP contribution is 2.29. The van der Waals surface area contributed by atoms with Gasteiger partial charge >= 0.3 is 0 Å². The standard InChI is InChI=1S/C13H19N3O/c1-3-6-16(10-4-5-10)13(17)11-8-15-9(2)7-12(11)14/h7-8,10H,3-6H2,1-2H3,(H2,14,15). The van der Waals surface area contributed by atoms with Crippen molar-refractivity contribution < 1.29 is 4.79 Å². The summed E-state index contributed by atoms with van der Waals surface area (Å²) in [5, 5.41) is 0. The van der Waals surface area contributed by atoms with Crippen LogP contribution in [0.3, 0.4) is 0 Å². The van der Waals surface area contributed by atoms with Crippen LogP contribution in [-0.2, 0) is 0 Å². The monoisotopic (exact) mass is 233 g/mol. The second kappa shape index (κ2) is 4.73. The molecular formula is C13H19N3O. The Hall–Kier alpha value is -1.58. The van der Waals surface area contributed by atoms with Gasteiger partial charge < -0.3 is 10.6 Å². The Balaban J connectivity index is 2.22. The zero-order chi connectivity index (χ0) is 12.4. The largest absolute Gasteiger partial charge is 0.398 e. The lowest BCUT2D eigenvalue weighted by atomic mass is 10.2. The highest BCUT2D eigenvalue weighted by molar-refractivity contribution is 5.99. The van der Waals surface area contributed by atoms with Gasteiger partial charge in [-0.15, -0.1) is 0 Å². The summed E-state index contributed by atoms with van der Waals surface area (Å²) in [5.41, 5.74) is 7.80. The Bertz CT molecular complexity index is 427. The predicted molar refractivity (Wildman–Crippen MR) is 67.7 cm³/mol. The van der Waals surface area contributed by atoms with E-state index in [2.05, 4.69) is 11.9 Å². The van der Waals surface area contributed by atoms with Crippen molar-refractivity contribution in [1.82, 2.24) is 9.88 Å². The molecule has 92 valence electrons. The number of amides is 1. The van der Waals surface area contributed by atoms with Crippen LogP contribution in [-0.4, -0.2) is 28.4 Å². The topological polar surface area (TPSA) is 59.2 Å². The molecule has 4 heteroatoms. The number of hydrogen-bond acceptors (Lipinski definition) is 3. The van der Waals surface area contributed by atoms with Gasteiger partial charge in [0, 0.05) is 30.2 Å². The molecule has 1 amide bonds. The van der Waals surface area contributed by atoms with E-state index >= 15 is 0 Å². The lowest BCUT2D eigenvalue weighted by molar-refractivity contribution is 0.0744. The minimum Gasteiger partial charge on any atom is -0.398 e. The van der Waals surface area contributed by atoms with Crippen LogP contribution in [0.25, 0.3) is 0 Å². The lowest BCUT2D eigenvalue weighted by Crippen LogP contribution is -2.34. The van der Waals surface area contributed by atoms with E-state index in [9.17, 15) is 4.79 Å². The van der Waals surface area contributed by atoms with E-state index in [0.29, 0.717) is 17.3 Å². The first-order valence-corrected chi connectivity index (χ1v) is 6.16. The third-order valence-corrected chi connectivity index (χ3v) is 3.02. The summed E-state index contributed by atoms with van der Waals surface area (Å²) in [4.78, 5) is 18.4. The molecular weight excluding hydrogens is 214 g/mol. The van der Waals surface area contributed by atoms with Gasteiger partial charge in [-0.25, -0.2) is 0 Å². The van der Waals surface area contributed by atoms with E-state index in [1.165, 1.54) is 0 Å². The molecule has 0 spiro atoms. The summed E-state index contributed by atoms with van der Waals surface area (Å²) in [7, 11) is 0. The van der Waals surface area contributed by atoms with Crippen molar-refractivity contribution in [3.8, 4) is 0 Å². The quantitative estimate of drug-likeness (QED) is 0.865. The molecule has 1 heterocycles. The maximum Gasteiger partial charge on any atom is 0.257 e. The summed E-state index contributed by atoms with van der Waals surface area (Å²) >= 11 is 0. The number of nitrogen functional groups attached to an aromatic ring is 1. The molecule has 0 aliphatic heterocycles. The molecule has 1 aromatic rings. The summed E-state index contributed by atoms with van der Waals surface area (Å²) in [6, 6.07) is 2.17. The van der Waals surface area contributed by atoms with E-state index in [1.807, 2.05) is 11.8 Å². The van der Waals surface area contributed by atoms with Crippen LogP contribution in [0.5, 0.6) is 0 Å². The number of anilines is 1. The molecule has 1 saturated carbocycles. The number of carbonyl (C=O) groups is 1. The first-order chi connectivity index (χ1) is 8.13. The Morgan fingerprint density at radius 3 is 2.82 bits per heavy atom. The minimum absolute atomic E-state index is 0.0272. The number of nitrogens with zero attached hydrogens (tertiary/aromatic N) is 2. The van der Waals surface area contributed by atoms with Crippen LogP contribution in [0.4, 0.5) is 5.69 Å². The van der Waals surface area contributed by atoms with Gasteiger partial charge in [0.2, 0.25) is 0 Å². The maximum absolute atomic E-state index is 12.4. The van der Waals surface area contributed by atoms with Crippen LogP contribution >= 0.6 is 0 Å². The Morgan fingerprint density at radius 2 is 2.29 bits per heavy atom. The van der Waals surface area contributed by atoms with Crippen LogP contribution in [0.1, 0.15) is 42.2 Å². The van der Waals surface area contributed by atoms with Gasteiger partial charge in [0.1, 0.15) is 0 Å². The van der Waals surface area contributed by atoms with Crippen LogP contribution in [0.2, 0.25) is 0 Å². The fourth-order valence-electron chi connectivity index (χ4n) is 1.99. The highest BCUT2D eigenvalue weighted by atomic mass is 16.2. The zero-order valence-corrected chi connectivity index (χ0v) is 10.4. The Labute approximate surface area is 102 Å². The van der Waals surface area contributed by atoms with Crippen LogP contribution in [0.15, 0.2) is 12.3 Å². The predicted octanol–water partition coefficient (Wildman–Crippen LogP) is 1.99. The summed E-state index contributed by atoms with van der Waals surface area (Å²) in [5.74, 6) is 0.0272. The number of hydrogen-bond donors (Lipinski definition) is 1. The number of pyridine rings is 1. The Kier molecular flexibility index (Phi) is 3.31. The van der Waals surface area contributed by atoms with Crippen LogP contribution in [0, 0.1) is 6.92 Å². The van der Waals surface area contributed by atoms with E-state index in [4.69, 9.17) is 5.73 Å². The summed E-state index contributed by atoms with van der Waals surface area (Å²) < 4.78 is 0. The first kappa shape index (κ1) is 11.9. The van der Waals surface area contributed by atoms with E-state index in [-0.39, 0.29) is 5.91 Å². The smallest absolute Gasteiger partial charge is 0.257 e.